The van der Waals surface area contributed by atoms with Gasteiger partial charge in [-0.25, -0.2) is 0 Å². The minimum atomic E-state index is -0.476. The van der Waals surface area contributed by atoms with E-state index in [0.29, 0.717) is 0 Å². The summed E-state index contributed by atoms with van der Waals surface area (Å²) in [6.07, 6.45) is 0. The molecule has 0 N–H and O–H groups in total. The zero-order valence-electron chi connectivity index (χ0n) is 22.3. The maximum atomic E-state index is 6.69. The molecular weight excluding hydrogens is 455 g/mol. The molecule has 0 radical (unpaired) electrons. The Morgan fingerprint density at radius 2 is 1.19 bits per heavy atom. The van der Waals surface area contributed by atoms with Crippen LogP contribution >= 0.6 is 0 Å². The lowest BCUT2D eigenvalue weighted by atomic mass is 9.78. The molecule has 0 bridgehead atoms. The second kappa shape index (κ2) is 7.37. The minimum absolute atomic E-state index is 0.00638. The maximum Gasteiger partial charge on any atom is 0.498 e. The standard InChI is InChI=1S/C33H31BO3/c1-31(2)26-15-8-7-11-22(26)25-19-20(17-18-27(25)31)21-12-9-13-23-24-14-10-16-28(30(24)35-29(21)23)34-36-32(3,4)33(5,6)37-34/h7-19H,1-6H3. The number of fused-ring (bicyclic) bond motifs is 6. The van der Waals surface area contributed by atoms with Crippen molar-refractivity contribution in [3.05, 3.63) is 90.0 Å². The summed E-state index contributed by atoms with van der Waals surface area (Å²) in [6, 6.07) is 28.3. The van der Waals surface area contributed by atoms with Crippen molar-refractivity contribution in [1.82, 2.24) is 0 Å². The molecule has 5 aromatic rings. The lowest BCUT2D eigenvalue weighted by Crippen LogP contribution is -2.41. The molecule has 3 nitrogen and oxygen atoms in total. The monoisotopic (exact) mass is 486 g/mol. The van der Waals surface area contributed by atoms with Gasteiger partial charge in [-0.05, 0) is 61.6 Å². The van der Waals surface area contributed by atoms with E-state index in [-0.39, 0.29) is 5.41 Å². The molecule has 37 heavy (non-hydrogen) atoms. The van der Waals surface area contributed by atoms with Gasteiger partial charge >= 0.3 is 7.12 Å². The highest BCUT2D eigenvalue weighted by molar-refractivity contribution is 6.65. The fourth-order valence-electron chi connectivity index (χ4n) is 6.11. The summed E-state index contributed by atoms with van der Waals surface area (Å²) in [5.41, 5.74) is 9.48. The van der Waals surface area contributed by atoms with E-state index in [1.54, 1.807) is 0 Å². The van der Waals surface area contributed by atoms with E-state index in [4.69, 9.17) is 13.7 Å². The molecule has 4 heteroatoms. The molecule has 1 aliphatic carbocycles. The summed E-state index contributed by atoms with van der Waals surface area (Å²) in [7, 11) is -0.476. The van der Waals surface area contributed by atoms with Crippen molar-refractivity contribution in [1.29, 1.82) is 0 Å². The molecule has 0 spiro atoms. The van der Waals surface area contributed by atoms with Crippen LogP contribution in [-0.2, 0) is 14.7 Å². The van der Waals surface area contributed by atoms with Gasteiger partial charge < -0.3 is 13.7 Å². The van der Waals surface area contributed by atoms with Crippen LogP contribution in [-0.4, -0.2) is 18.3 Å². The van der Waals surface area contributed by atoms with E-state index >= 15 is 0 Å². The Balaban J connectivity index is 1.40. The number of rotatable bonds is 2. The summed E-state index contributed by atoms with van der Waals surface area (Å²) in [4.78, 5) is 0. The Morgan fingerprint density at radius 1 is 0.568 bits per heavy atom. The second-order valence-corrected chi connectivity index (χ2v) is 12.0. The Morgan fingerprint density at radius 3 is 1.95 bits per heavy atom. The van der Waals surface area contributed by atoms with Gasteiger partial charge in [0.1, 0.15) is 11.2 Å². The third-order valence-corrected chi connectivity index (χ3v) is 8.96. The summed E-state index contributed by atoms with van der Waals surface area (Å²) < 4.78 is 19.5. The zero-order valence-corrected chi connectivity index (χ0v) is 22.3. The molecule has 7 rings (SSSR count). The van der Waals surface area contributed by atoms with Gasteiger partial charge in [-0.3, -0.25) is 0 Å². The summed E-state index contributed by atoms with van der Waals surface area (Å²) in [6.45, 7) is 13.0. The number of furan rings is 1. The lowest BCUT2D eigenvalue weighted by molar-refractivity contribution is 0.00578. The van der Waals surface area contributed by atoms with Crippen LogP contribution in [0.4, 0.5) is 0 Å². The smallest absolute Gasteiger partial charge is 0.456 e. The molecule has 0 saturated carbocycles. The molecular formula is C33H31BO3. The lowest BCUT2D eigenvalue weighted by Gasteiger charge is -2.32. The fraction of sp³-hybridized carbons (Fsp3) is 0.273. The summed E-state index contributed by atoms with van der Waals surface area (Å²) in [5, 5.41) is 2.18. The van der Waals surface area contributed by atoms with E-state index < -0.39 is 18.3 Å². The van der Waals surface area contributed by atoms with Gasteiger partial charge in [0.15, 0.2) is 0 Å². The highest BCUT2D eigenvalue weighted by Gasteiger charge is 2.52. The van der Waals surface area contributed by atoms with Gasteiger partial charge in [0.25, 0.3) is 0 Å². The SMILES string of the molecule is CC1(C)c2ccccc2-c2cc(-c3cccc4c3oc3c(B5OC(C)(C)C(C)(C)O5)cccc34)ccc21. The summed E-state index contributed by atoms with van der Waals surface area (Å²) >= 11 is 0. The highest BCUT2D eigenvalue weighted by atomic mass is 16.7. The molecule has 1 fully saturated rings. The molecule has 1 aromatic heterocycles. The minimum Gasteiger partial charge on any atom is -0.456 e. The molecule has 0 unspecified atom stereocenters. The van der Waals surface area contributed by atoms with E-state index in [2.05, 4.69) is 120 Å². The van der Waals surface area contributed by atoms with Crippen LogP contribution in [0.1, 0.15) is 52.7 Å². The Hall–Kier alpha value is -3.34. The number of benzene rings is 4. The Kier molecular flexibility index (Phi) is 4.55. The van der Waals surface area contributed by atoms with Crippen LogP contribution < -0.4 is 5.46 Å². The van der Waals surface area contributed by atoms with Gasteiger partial charge in [0.05, 0.1) is 11.2 Å². The van der Waals surface area contributed by atoms with Gasteiger partial charge in [0.2, 0.25) is 0 Å². The van der Waals surface area contributed by atoms with Crippen molar-refractivity contribution in [2.24, 2.45) is 0 Å². The average Bonchev–Trinajstić information content (AvgIpc) is 3.44. The van der Waals surface area contributed by atoms with Gasteiger partial charge in [0, 0.05) is 27.2 Å². The van der Waals surface area contributed by atoms with Crippen LogP contribution in [0, 0.1) is 0 Å². The van der Waals surface area contributed by atoms with E-state index in [1.807, 2.05) is 0 Å². The van der Waals surface area contributed by atoms with Gasteiger partial charge in [-0.2, -0.15) is 0 Å². The van der Waals surface area contributed by atoms with E-state index in [9.17, 15) is 0 Å². The van der Waals surface area contributed by atoms with Crippen molar-refractivity contribution in [2.45, 2.75) is 58.2 Å². The van der Waals surface area contributed by atoms with Crippen LogP contribution in [0.2, 0.25) is 0 Å². The maximum absolute atomic E-state index is 6.69. The number of hydrogen-bond acceptors (Lipinski definition) is 3. The normalized spacial score (nSPS) is 18.9. The third-order valence-electron chi connectivity index (χ3n) is 8.96. The topological polar surface area (TPSA) is 31.6 Å². The molecule has 2 heterocycles. The Bertz CT molecular complexity index is 1710. The van der Waals surface area contributed by atoms with Crippen LogP contribution in [0.5, 0.6) is 0 Å². The van der Waals surface area contributed by atoms with E-state index in [0.717, 1.165) is 38.5 Å². The van der Waals surface area contributed by atoms with E-state index in [1.165, 1.54) is 22.3 Å². The fourth-order valence-corrected chi connectivity index (χ4v) is 6.11. The molecule has 184 valence electrons. The first-order valence-electron chi connectivity index (χ1n) is 13.1. The van der Waals surface area contributed by atoms with Crippen LogP contribution in [0.15, 0.2) is 83.3 Å². The second-order valence-electron chi connectivity index (χ2n) is 12.0. The van der Waals surface area contributed by atoms with Crippen LogP contribution in [0.25, 0.3) is 44.2 Å². The molecule has 4 aromatic carbocycles. The first-order valence-corrected chi connectivity index (χ1v) is 13.1. The zero-order chi connectivity index (χ0) is 25.7. The molecule has 0 amide bonds. The third kappa shape index (κ3) is 3.09. The first kappa shape index (κ1) is 22.8. The largest absolute Gasteiger partial charge is 0.498 e. The van der Waals surface area contributed by atoms with Gasteiger partial charge in [-0.15, -0.1) is 0 Å². The molecule has 1 saturated heterocycles. The predicted molar refractivity (Wildman–Crippen MR) is 152 cm³/mol. The Labute approximate surface area is 218 Å². The molecule has 0 atom stereocenters. The van der Waals surface area contributed by atoms with Gasteiger partial charge in [-0.1, -0.05) is 86.6 Å². The molecule has 2 aliphatic rings. The van der Waals surface area contributed by atoms with Crippen LogP contribution in [0.3, 0.4) is 0 Å². The van der Waals surface area contributed by atoms with Crippen molar-refractivity contribution >= 4 is 34.5 Å². The van der Waals surface area contributed by atoms with Crippen molar-refractivity contribution in [3.63, 3.8) is 0 Å². The molecule has 1 aliphatic heterocycles. The number of para-hydroxylation sites is 2. The number of hydrogen-bond donors (Lipinski definition) is 0. The quantitative estimate of drug-likeness (QED) is 0.238. The predicted octanol–water partition coefficient (Wildman–Crippen LogP) is 7.86. The summed E-state index contributed by atoms with van der Waals surface area (Å²) in [5.74, 6) is 0. The first-order chi connectivity index (χ1) is 17.6. The van der Waals surface area contributed by atoms with Crippen molar-refractivity contribution in [3.8, 4) is 22.3 Å². The highest BCUT2D eigenvalue weighted by Crippen LogP contribution is 2.50. The average molecular weight is 486 g/mol. The van der Waals surface area contributed by atoms with Crippen molar-refractivity contribution < 1.29 is 13.7 Å². The van der Waals surface area contributed by atoms with Crippen molar-refractivity contribution in [2.75, 3.05) is 0 Å².